The summed E-state index contributed by atoms with van der Waals surface area (Å²) >= 11 is 0. The number of nitrogens with zero attached hydrogens (tertiary/aromatic N) is 2. The number of likely N-dealkylation sites (tertiary alicyclic amines) is 1. The molecule has 13 nitrogen and oxygen atoms in total. The second-order valence-electron chi connectivity index (χ2n) is 14.1. The molecule has 1 unspecified atom stereocenters. The maximum atomic E-state index is 14.0. The molecule has 246 valence electrons. The van der Waals surface area contributed by atoms with Gasteiger partial charge in [-0.05, 0) is 35.5 Å². The van der Waals surface area contributed by atoms with Gasteiger partial charge < -0.3 is 26.2 Å². The summed E-state index contributed by atoms with van der Waals surface area (Å²) in [6.45, 7) is 13.4. The molecule has 1 heterocycles. The smallest absolute Gasteiger partial charge is 0.315 e. The number of unbranched alkanes of at least 4 members (excludes halogenated alkanes) is 1. The topological polar surface area (TPSA) is 174 Å². The van der Waals surface area contributed by atoms with Crippen molar-refractivity contribution in [3.63, 3.8) is 0 Å². The van der Waals surface area contributed by atoms with Gasteiger partial charge in [0.15, 0.2) is 0 Å². The van der Waals surface area contributed by atoms with Crippen molar-refractivity contribution < 1.29 is 32.4 Å². The van der Waals surface area contributed by atoms with Gasteiger partial charge >= 0.3 is 6.03 Å². The first-order chi connectivity index (χ1) is 19.6. The van der Waals surface area contributed by atoms with Crippen LogP contribution in [0.1, 0.15) is 74.1 Å². The van der Waals surface area contributed by atoms with Crippen LogP contribution in [0.3, 0.4) is 0 Å². The van der Waals surface area contributed by atoms with Gasteiger partial charge in [0.25, 0.3) is 5.91 Å². The lowest BCUT2D eigenvalue weighted by Gasteiger charge is -2.38. The van der Waals surface area contributed by atoms with E-state index in [0.29, 0.717) is 19.4 Å². The van der Waals surface area contributed by atoms with Crippen LogP contribution in [0.4, 0.5) is 4.79 Å². The predicted molar refractivity (Wildman–Crippen MR) is 163 cm³/mol. The molecule has 0 aromatic carbocycles. The van der Waals surface area contributed by atoms with E-state index in [0.717, 1.165) is 23.4 Å². The Hall–Kier alpha value is -2.74. The number of Topliss-reactive ketones (excluding diaryl/α,β-unsaturated/α-hetero) is 1. The minimum absolute atomic E-state index is 0.0373. The second-order valence-corrected chi connectivity index (χ2v) is 16.2. The standard InChI is InChI=1S/C29H52N6O7S/c1-11-12-13-19(22(36)25(38)30-8)31-24(37)21-18-14-17(18)15-35(21)26(39)23(29(5,6)7)33-27(40)32-20(28(2,3)4)16-34(9)43(10,41)42/h17-21,23H,11-16H2,1-10H3,(H,30,38)(H,31,37)(H2,32,33,40)/t17-,18-,19?,20+,21-,23+/m0/s1. The number of hydrogen-bond acceptors (Lipinski definition) is 7. The van der Waals surface area contributed by atoms with E-state index in [1.165, 1.54) is 19.0 Å². The maximum Gasteiger partial charge on any atom is 0.315 e. The van der Waals surface area contributed by atoms with Crippen molar-refractivity contribution in [1.29, 1.82) is 0 Å². The molecule has 1 saturated carbocycles. The van der Waals surface area contributed by atoms with E-state index >= 15 is 0 Å². The summed E-state index contributed by atoms with van der Waals surface area (Å²) in [5.74, 6) is -2.33. The summed E-state index contributed by atoms with van der Waals surface area (Å²) < 4.78 is 25.2. The fraction of sp³-hybridized carbons (Fsp3) is 0.828. The zero-order valence-corrected chi connectivity index (χ0v) is 28.2. The number of fused-ring (bicyclic) bond motifs is 1. The monoisotopic (exact) mass is 628 g/mol. The lowest BCUT2D eigenvalue weighted by Crippen LogP contribution is -2.62. The first-order valence-corrected chi connectivity index (χ1v) is 16.8. The molecule has 0 radical (unpaired) electrons. The van der Waals surface area contributed by atoms with Crippen LogP contribution in [0.2, 0.25) is 0 Å². The second kappa shape index (κ2) is 13.9. The van der Waals surface area contributed by atoms with Crippen LogP contribution in [0, 0.1) is 22.7 Å². The Kier molecular flexibility index (Phi) is 11.8. The SMILES string of the molecule is CCCCC(NC(=O)[C@@H]1[C@H]2C[C@H]2CN1C(=O)[C@@H](NC(=O)N[C@H](CN(C)S(C)(=O)=O)C(C)(C)C)C(C)(C)C)C(=O)C(=O)NC. The average molecular weight is 629 g/mol. The van der Waals surface area contributed by atoms with Gasteiger partial charge in [-0.1, -0.05) is 61.3 Å². The van der Waals surface area contributed by atoms with Gasteiger partial charge in [-0.3, -0.25) is 19.2 Å². The molecule has 6 atom stereocenters. The minimum atomic E-state index is -3.49. The fourth-order valence-electron chi connectivity index (χ4n) is 5.32. The molecule has 2 rings (SSSR count). The Balaban J connectivity index is 2.25. The number of ketones is 1. The molecule has 1 aliphatic heterocycles. The zero-order chi connectivity index (χ0) is 33.1. The number of hydrogen-bond donors (Lipinski definition) is 4. The molecule has 0 aromatic heterocycles. The van der Waals surface area contributed by atoms with E-state index in [2.05, 4.69) is 21.3 Å². The highest BCUT2D eigenvalue weighted by Gasteiger charge is 2.58. The number of amides is 5. The molecular weight excluding hydrogens is 576 g/mol. The molecule has 2 aliphatic rings. The van der Waals surface area contributed by atoms with Crippen LogP contribution in [-0.4, -0.2) is 105 Å². The zero-order valence-electron chi connectivity index (χ0n) is 27.4. The lowest BCUT2D eigenvalue weighted by atomic mass is 9.85. The predicted octanol–water partition coefficient (Wildman–Crippen LogP) is 0.843. The van der Waals surface area contributed by atoms with Crippen molar-refractivity contribution in [1.82, 2.24) is 30.5 Å². The third kappa shape index (κ3) is 9.62. The summed E-state index contributed by atoms with van der Waals surface area (Å²) in [4.78, 5) is 67.1. The first-order valence-electron chi connectivity index (χ1n) is 15.0. The Bertz CT molecular complexity index is 1180. The van der Waals surface area contributed by atoms with Gasteiger partial charge in [-0.2, -0.15) is 0 Å². The normalized spacial score (nSPS) is 22.2. The quantitative estimate of drug-likeness (QED) is 0.219. The molecule has 5 amide bonds. The Labute approximate surface area is 256 Å². The first kappa shape index (κ1) is 36.5. The lowest BCUT2D eigenvalue weighted by molar-refractivity contribution is -0.144. The molecule has 1 saturated heterocycles. The molecule has 0 aromatic rings. The number of urea groups is 1. The number of carbonyl (C=O) groups excluding carboxylic acids is 5. The van der Waals surface area contributed by atoms with Crippen molar-refractivity contribution in [2.45, 2.75) is 98.3 Å². The summed E-state index contributed by atoms with van der Waals surface area (Å²) in [7, 11) is -0.692. The van der Waals surface area contributed by atoms with Gasteiger partial charge in [0.2, 0.25) is 27.6 Å². The van der Waals surface area contributed by atoms with Crippen LogP contribution in [0.15, 0.2) is 0 Å². The average Bonchev–Trinajstić information content (AvgIpc) is 3.54. The molecule has 0 spiro atoms. The molecule has 1 aliphatic carbocycles. The molecule has 0 bridgehead atoms. The largest absolute Gasteiger partial charge is 0.353 e. The van der Waals surface area contributed by atoms with E-state index in [-0.39, 0.29) is 18.4 Å². The van der Waals surface area contributed by atoms with E-state index in [4.69, 9.17) is 0 Å². The molecule has 4 N–H and O–H groups in total. The van der Waals surface area contributed by atoms with Crippen molar-refractivity contribution in [2.24, 2.45) is 22.7 Å². The molecule has 14 heteroatoms. The summed E-state index contributed by atoms with van der Waals surface area (Å²) in [6.07, 6.45) is 3.58. The van der Waals surface area contributed by atoms with Gasteiger partial charge in [0, 0.05) is 33.2 Å². The molecule has 2 fully saturated rings. The molecule has 43 heavy (non-hydrogen) atoms. The third-order valence-electron chi connectivity index (χ3n) is 8.38. The summed E-state index contributed by atoms with van der Waals surface area (Å²) in [6, 6.07) is -4.02. The van der Waals surface area contributed by atoms with Crippen LogP contribution in [0.25, 0.3) is 0 Å². The van der Waals surface area contributed by atoms with Gasteiger partial charge in [-0.15, -0.1) is 0 Å². The highest BCUT2D eigenvalue weighted by atomic mass is 32.2. The Morgan fingerprint density at radius 2 is 1.58 bits per heavy atom. The van der Waals surface area contributed by atoms with Crippen LogP contribution < -0.4 is 21.3 Å². The van der Waals surface area contributed by atoms with Crippen molar-refractivity contribution >= 4 is 39.6 Å². The third-order valence-corrected chi connectivity index (χ3v) is 9.66. The highest BCUT2D eigenvalue weighted by Crippen LogP contribution is 2.50. The number of carbonyl (C=O) groups is 5. The number of piperidine rings is 1. The van der Waals surface area contributed by atoms with E-state index in [1.807, 2.05) is 48.5 Å². The van der Waals surface area contributed by atoms with Crippen LogP contribution >= 0.6 is 0 Å². The number of nitrogens with one attached hydrogen (secondary N) is 4. The molecular formula is C29H52N6O7S. The summed E-state index contributed by atoms with van der Waals surface area (Å²) in [5.41, 5.74) is -1.24. The number of rotatable bonds is 13. The fourth-order valence-corrected chi connectivity index (χ4v) is 5.74. The summed E-state index contributed by atoms with van der Waals surface area (Å²) in [5, 5.41) is 10.7. The van der Waals surface area contributed by atoms with Gasteiger partial charge in [0.1, 0.15) is 12.1 Å². The van der Waals surface area contributed by atoms with Crippen LogP contribution in [0.5, 0.6) is 0 Å². The minimum Gasteiger partial charge on any atom is -0.353 e. The number of likely N-dealkylation sites (N-methyl/N-ethyl adjacent to an activating group) is 2. The van der Waals surface area contributed by atoms with Crippen molar-refractivity contribution in [2.75, 3.05) is 33.4 Å². The number of sulfonamides is 1. The Morgan fingerprint density at radius 1 is 0.977 bits per heavy atom. The van der Waals surface area contributed by atoms with Crippen LogP contribution in [-0.2, 0) is 29.2 Å². The van der Waals surface area contributed by atoms with Crippen molar-refractivity contribution in [3.05, 3.63) is 0 Å². The Morgan fingerprint density at radius 3 is 2.07 bits per heavy atom. The van der Waals surface area contributed by atoms with E-state index in [1.54, 1.807) is 0 Å². The maximum absolute atomic E-state index is 14.0. The van der Waals surface area contributed by atoms with E-state index in [9.17, 15) is 32.4 Å². The van der Waals surface area contributed by atoms with E-state index < -0.39 is 74.6 Å². The highest BCUT2D eigenvalue weighted by molar-refractivity contribution is 7.88. The van der Waals surface area contributed by atoms with Gasteiger partial charge in [0.05, 0.1) is 12.3 Å². The van der Waals surface area contributed by atoms with Gasteiger partial charge in [-0.25, -0.2) is 17.5 Å². The van der Waals surface area contributed by atoms with Crippen molar-refractivity contribution in [3.8, 4) is 0 Å².